The van der Waals surface area contributed by atoms with E-state index < -0.39 is 15.9 Å². The van der Waals surface area contributed by atoms with Crippen LogP contribution in [0.2, 0.25) is 0 Å². The molecule has 0 aliphatic heterocycles. The fraction of sp³-hybridized carbons (Fsp3) is 0.158. The molecule has 0 radical (unpaired) electrons. The van der Waals surface area contributed by atoms with Crippen LogP contribution in [0.25, 0.3) is 10.2 Å². The second-order valence-electron chi connectivity index (χ2n) is 6.02. The summed E-state index contributed by atoms with van der Waals surface area (Å²) in [5.41, 5.74) is 1.19. The number of hydrogen-bond acceptors (Lipinski definition) is 4. The second-order valence-corrected chi connectivity index (χ2v) is 10.1. The van der Waals surface area contributed by atoms with Crippen LogP contribution in [-0.4, -0.2) is 37.3 Å². The SMILES string of the molecule is C#CCn1c(=NC(=O)c2ccc(S(=O)(=O)N(C)C)cc2)sc2cc(Br)ccc21. The van der Waals surface area contributed by atoms with Crippen molar-refractivity contribution in [1.82, 2.24) is 8.87 Å². The van der Waals surface area contributed by atoms with Gasteiger partial charge in [0.25, 0.3) is 5.91 Å². The Morgan fingerprint density at radius 2 is 1.93 bits per heavy atom. The molecule has 28 heavy (non-hydrogen) atoms. The summed E-state index contributed by atoms with van der Waals surface area (Å²) in [5.74, 6) is 2.11. The van der Waals surface area contributed by atoms with Crippen molar-refractivity contribution < 1.29 is 13.2 Å². The highest BCUT2D eigenvalue weighted by Crippen LogP contribution is 2.22. The lowest BCUT2D eigenvalue weighted by molar-refractivity contribution is 0.0998. The zero-order valence-electron chi connectivity index (χ0n) is 15.1. The first-order valence-corrected chi connectivity index (χ1v) is 11.1. The molecule has 2 aromatic carbocycles. The smallest absolute Gasteiger partial charge is 0.279 e. The summed E-state index contributed by atoms with van der Waals surface area (Å²) in [4.78, 5) is 17.4. The first-order chi connectivity index (χ1) is 13.2. The number of benzene rings is 2. The first-order valence-electron chi connectivity index (χ1n) is 8.08. The lowest BCUT2D eigenvalue weighted by Gasteiger charge is -2.11. The van der Waals surface area contributed by atoms with Crippen LogP contribution < -0.4 is 4.80 Å². The summed E-state index contributed by atoms with van der Waals surface area (Å²) < 4.78 is 29.1. The molecule has 9 heteroatoms. The van der Waals surface area contributed by atoms with Crippen molar-refractivity contribution in [1.29, 1.82) is 0 Å². The Balaban J connectivity index is 2.03. The Morgan fingerprint density at radius 3 is 2.54 bits per heavy atom. The van der Waals surface area contributed by atoms with Crippen LogP contribution in [0.15, 0.2) is 56.8 Å². The van der Waals surface area contributed by atoms with E-state index in [0.29, 0.717) is 10.4 Å². The van der Waals surface area contributed by atoms with E-state index in [2.05, 4.69) is 26.8 Å². The van der Waals surface area contributed by atoms with E-state index in [1.165, 1.54) is 49.7 Å². The van der Waals surface area contributed by atoms with Gasteiger partial charge in [-0.3, -0.25) is 4.79 Å². The number of nitrogens with zero attached hydrogens (tertiary/aromatic N) is 3. The third-order valence-electron chi connectivity index (χ3n) is 3.97. The number of carbonyl (C=O) groups is 1. The monoisotopic (exact) mass is 477 g/mol. The summed E-state index contributed by atoms with van der Waals surface area (Å²) in [6.45, 7) is 0.285. The Morgan fingerprint density at radius 1 is 1.25 bits per heavy atom. The minimum Gasteiger partial charge on any atom is -0.305 e. The lowest BCUT2D eigenvalue weighted by atomic mass is 10.2. The summed E-state index contributed by atoms with van der Waals surface area (Å²) >= 11 is 4.79. The van der Waals surface area contributed by atoms with E-state index in [1.54, 1.807) is 4.57 Å². The molecule has 1 heterocycles. The van der Waals surface area contributed by atoms with Gasteiger partial charge in [0.05, 0.1) is 21.7 Å². The Kier molecular flexibility index (Phi) is 5.86. The third-order valence-corrected chi connectivity index (χ3v) is 7.33. The number of aromatic nitrogens is 1. The molecular weight excluding hydrogens is 462 g/mol. The minimum atomic E-state index is -3.55. The maximum Gasteiger partial charge on any atom is 0.279 e. The quantitative estimate of drug-likeness (QED) is 0.542. The largest absolute Gasteiger partial charge is 0.305 e. The maximum absolute atomic E-state index is 12.6. The van der Waals surface area contributed by atoms with E-state index in [1.807, 2.05) is 18.2 Å². The molecule has 0 spiro atoms. The van der Waals surface area contributed by atoms with Crippen molar-refractivity contribution in [2.24, 2.45) is 4.99 Å². The number of sulfonamides is 1. The highest BCUT2D eigenvalue weighted by atomic mass is 79.9. The van der Waals surface area contributed by atoms with Gasteiger partial charge in [0.1, 0.15) is 0 Å². The number of thiazole rings is 1. The van der Waals surface area contributed by atoms with E-state index in [9.17, 15) is 13.2 Å². The summed E-state index contributed by atoms with van der Waals surface area (Å²) in [6, 6.07) is 11.5. The van der Waals surface area contributed by atoms with Gasteiger partial charge < -0.3 is 4.57 Å². The Bertz CT molecular complexity index is 1260. The number of amides is 1. The average molecular weight is 478 g/mol. The number of fused-ring (bicyclic) bond motifs is 1. The average Bonchev–Trinajstić information content (AvgIpc) is 2.98. The molecular formula is C19H16BrN3O3S2. The Labute approximate surface area is 175 Å². The van der Waals surface area contributed by atoms with Gasteiger partial charge >= 0.3 is 0 Å². The Hall–Kier alpha value is -2.25. The highest BCUT2D eigenvalue weighted by molar-refractivity contribution is 9.10. The molecule has 1 aromatic heterocycles. The zero-order chi connectivity index (χ0) is 20.5. The normalized spacial score (nSPS) is 12.5. The highest BCUT2D eigenvalue weighted by Gasteiger charge is 2.17. The molecule has 0 atom stereocenters. The van der Waals surface area contributed by atoms with Crippen molar-refractivity contribution in [3.05, 3.63) is 57.3 Å². The minimum absolute atomic E-state index is 0.114. The van der Waals surface area contributed by atoms with E-state index in [4.69, 9.17) is 6.42 Å². The predicted molar refractivity (Wildman–Crippen MR) is 114 cm³/mol. The number of carbonyl (C=O) groups excluding carboxylic acids is 1. The van der Waals surface area contributed by atoms with Gasteiger partial charge in [-0.1, -0.05) is 33.2 Å². The topological polar surface area (TPSA) is 71.7 Å². The molecule has 3 aromatic rings. The van der Waals surface area contributed by atoms with Crippen LogP contribution >= 0.6 is 27.3 Å². The standard InChI is InChI=1S/C19H16BrN3O3S2/c1-4-11-23-16-10-7-14(20)12-17(16)27-19(23)21-18(24)13-5-8-15(9-6-13)28(25,26)22(2)3/h1,5-10,12H,11H2,2-3H3. The molecule has 144 valence electrons. The van der Waals surface area contributed by atoms with Crippen molar-refractivity contribution in [3.8, 4) is 12.3 Å². The molecule has 3 rings (SSSR count). The first kappa shape index (κ1) is 20.5. The molecule has 1 amide bonds. The van der Waals surface area contributed by atoms with E-state index in [0.717, 1.165) is 19.0 Å². The molecule has 6 nitrogen and oxygen atoms in total. The zero-order valence-corrected chi connectivity index (χ0v) is 18.3. The summed E-state index contributed by atoms with van der Waals surface area (Å²) in [5, 5.41) is 0. The molecule has 0 unspecified atom stereocenters. The van der Waals surface area contributed by atoms with Crippen molar-refractivity contribution >= 4 is 53.4 Å². The molecule has 0 saturated carbocycles. The van der Waals surface area contributed by atoms with Gasteiger partial charge in [-0.05, 0) is 42.5 Å². The lowest BCUT2D eigenvalue weighted by Crippen LogP contribution is -2.22. The number of rotatable bonds is 4. The summed E-state index contributed by atoms with van der Waals surface area (Å²) in [7, 11) is -0.647. The van der Waals surface area contributed by atoms with Gasteiger partial charge in [-0.15, -0.1) is 6.42 Å². The van der Waals surface area contributed by atoms with Crippen molar-refractivity contribution in [3.63, 3.8) is 0 Å². The summed E-state index contributed by atoms with van der Waals surface area (Å²) in [6.07, 6.45) is 5.47. The number of halogens is 1. The molecule has 0 fully saturated rings. The van der Waals surface area contributed by atoms with Crippen LogP contribution in [0, 0.1) is 12.3 Å². The number of hydrogen-bond donors (Lipinski definition) is 0. The molecule has 0 bridgehead atoms. The van der Waals surface area contributed by atoms with Gasteiger partial charge in [-0.2, -0.15) is 4.99 Å². The fourth-order valence-electron chi connectivity index (χ4n) is 2.51. The van der Waals surface area contributed by atoms with E-state index in [-0.39, 0.29) is 11.4 Å². The van der Waals surface area contributed by atoms with Crippen LogP contribution in [0.4, 0.5) is 0 Å². The van der Waals surface area contributed by atoms with Gasteiger partial charge in [0, 0.05) is 24.1 Å². The maximum atomic E-state index is 12.6. The second kappa shape index (κ2) is 8.01. The molecule has 0 N–H and O–H groups in total. The molecule has 0 aliphatic rings. The van der Waals surface area contributed by atoms with Crippen LogP contribution in [0.1, 0.15) is 10.4 Å². The molecule has 0 aliphatic carbocycles. The van der Waals surface area contributed by atoms with Crippen molar-refractivity contribution in [2.45, 2.75) is 11.4 Å². The van der Waals surface area contributed by atoms with Crippen LogP contribution in [0.3, 0.4) is 0 Å². The third kappa shape index (κ3) is 3.95. The van der Waals surface area contributed by atoms with Gasteiger partial charge in [-0.25, -0.2) is 12.7 Å². The van der Waals surface area contributed by atoms with Crippen LogP contribution in [-0.2, 0) is 16.6 Å². The number of terminal acetylenes is 1. The van der Waals surface area contributed by atoms with Crippen LogP contribution in [0.5, 0.6) is 0 Å². The van der Waals surface area contributed by atoms with E-state index >= 15 is 0 Å². The van der Waals surface area contributed by atoms with Gasteiger partial charge in [0.15, 0.2) is 4.80 Å². The van der Waals surface area contributed by atoms with Crippen molar-refractivity contribution in [2.75, 3.05) is 14.1 Å². The predicted octanol–water partition coefficient (Wildman–Crippen LogP) is 3.09. The molecule has 0 saturated heterocycles. The fourth-order valence-corrected chi connectivity index (χ4v) is 4.99. The van der Waals surface area contributed by atoms with Gasteiger partial charge in [0.2, 0.25) is 10.0 Å².